The van der Waals surface area contributed by atoms with Crippen LogP contribution < -0.4 is 0 Å². The molecule has 84 valence electrons. The molecular formula is C13H16N2O. The summed E-state index contributed by atoms with van der Waals surface area (Å²) in [5, 5.41) is 10.5. The van der Waals surface area contributed by atoms with Crippen molar-refractivity contribution in [3.63, 3.8) is 0 Å². The number of aliphatic hydroxyl groups is 1. The van der Waals surface area contributed by atoms with Crippen LogP contribution in [0.15, 0.2) is 30.6 Å². The van der Waals surface area contributed by atoms with E-state index in [9.17, 15) is 5.11 Å². The normalized spacial score (nSPS) is 14.8. The quantitative estimate of drug-likeness (QED) is 0.809. The van der Waals surface area contributed by atoms with E-state index in [1.807, 2.05) is 26.0 Å². The Bertz CT molecular complexity index is 487. The van der Waals surface area contributed by atoms with Crippen LogP contribution in [0, 0.1) is 13.8 Å². The first kappa shape index (κ1) is 10.9. The summed E-state index contributed by atoms with van der Waals surface area (Å²) in [7, 11) is 0. The van der Waals surface area contributed by atoms with Gasteiger partial charge in [-0.1, -0.05) is 23.8 Å². The molecule has 2 rings (SSSR count). The van der Waals surface area contributed by atoms with Gasteiger partial charge >= 0.3 is 0 Å². The Kier molecular flexibility index (Phi) is 2.56. The van der Waals surface area contributed by atoms with Crippen LogP contribution in [-0.4, -0.2) is 15.1 Å². The molecule has 0 saturated carbocycles. The number of aromatic nitrogens is 2. The predicted octanol–water partition coefficient (Wildman–Crippen LogP) is 2.28. The van der Waals surface area contributed by atoms with Crippen LogP contribution in [0.3, 0.4) is 0 Å². The molecule has 0 spiro atoms. The highest BCUT2D eigenvalue weighted by Crippen LogP contribution is 2.29. The first-order valence-corrected chi connectivity index (χ1v) is 5.32. The summed E-state index contributed by atoms with van der Waals surface area (Å²) < 4.78 is 0. The third-order valence-electron chi connectivity index (χ3n) is 2.87. The van der Waals surface area contributed by atoms with Crippen molar-refractivity contribution in [3.05, 3.63) is 53.1 Å². The molecule has 3 nitrogen and oxygen atoms in total. The van der Waals surface area contributed by atoms with E-state index in [4.69, 9.17) is 0 Å². The highest BCUT2D eigenvalue weighted by Gasteiger charge is 2.29. The molecule has 0 saturated heterocycles. The van der Waals surface area contributed by atoms with Gasteiger partial charge in [0.1, 0.15) is 11.4 Å². The van der Waals surface area contributed by atoms with E-state index >= 15 is 0 Å². The maximum absolute atomic E-state index is 10.5. The number of benzene rings is 1. The fourth-order valence-electron chi connectivity index (χ4n) is 2.02. The minimum atomic E-state index is -1.07. The maximum atomic E-state index is 10.5. The van der Waals surface area contributed by atoms with E-state index in [0.29, 0.717) is 5.82 Å². The second-order valence-electron chi connectivity index (χ2n) is 4.33. The fraction of sp³-hybridized carbons (Fsp3) is 0.308. The SMILES string of the molecule is Cc1ccc([C@](C)(O)c2ncc[nH]2)c(C)c1. The first-order chi connectivity index (χ1) is 7.51. The highest BCUT2D eigenvalue weighted by atomic mass is 16.3. The molecule has 2 aromatic rings. The number of imidazole rings is 1. The number of aryl methyl sites for hydroxylation is 2. The number of hydrogen-bond acceptors (Lipinski definition) is 2. The summed E-state index contributed by atoms with van der Waals surface area (Å²) in [6.45, 7) is 5.79. The van der Waals surface area contributed by atoms with Crippen LogP contribution in [0.1, 0.15) is 29.4 Å². The van der Waals surface area contributed by atoms with Gasteiger partial charge < -0.3 is 10.1 Å². The molecule has 0 bridgehead atoms. The van der Waals surface area contributed by atoms with Crippen molar-refractivity contribution < 1.29 is 5.11 Å². The van der Waals surface area contributed by atoms with Crippen LogP contribution in [0.4, 0.5) is 0 Å². The molecule has 2 N–H and O–H groups in total. The van der Waals surface area contributed by atoms with E-state index in [1.165, 1.54) is 5.56 Å². The molecule has 0 aliphatic heterocycles. The summed E-state index contributed by atoms with van der Waals surface area (Å²) in [4.78, 5) is 7.08. The van der Waals surface area contributed by atoms with Crippen molar-refractivity contribution in [2.45, 2.75) is 26.4 Å². The Morgan fingerprint density at radius 2 is 2.06 bits per heavy atom. The smallest absolute Gasteiger partial charge is 0.144 e. The monoisotopic (exact) mass is 216 g/mol. The van der Waals surface area contributed by atoms with Gasteiger partial charge in [0.15, 0.2) is 0 Å². The lowest BCUT2D eigenvalue weighted by atomic mass is 9.90. The van der Waals surface area contributed by atoms with Gasteiger partial charge in [0.05, 0.1) is 0 Å². The highest BCUT2D eigenvalue weighted by molar-refractivity contribution is 5.37. The second kappa shape index (κ2) is 3.76. The number of nitrogens with one attached hydrogen (secondary N) is 1. The Hall–Kier alpha value is -1.61. The third kappa shape index (κ3) is 1.74. The van der Waals surface area contributed by atoms with Gasteiger partial charge in [-0.15, -0.1) is 0 Å². The summed E-state index contributed by atoms with van der Waals surface area (Å²) in [6, 6.07) is 6.01. The van der Waals surface area contributed by atoms with Gasteiger partial charge in [0.2, 0.25) is 0 Å². The Morgan fingerprint density at radius 3 is 2.62 bits per heavy atom. The van der Waals surface area contributed by atoms with E-state index < -0.39 is 5.60 Å². The van der Waals surface area contributed by atoms with Crippen molar-refractivity contribution in [1.29, 1.82) is 0 Å². The van der Waals surface area contributed by atoms with Crippen molar-refractivity contribution in [2.75, 3.05) is 0 Å². The lowest BCUT2D eigenvalue weighted by Crippen LogP contribution is -2.25. The Morgan fingerprint density at radius 1 is 1.31 bits per heavy atom. The number of rotatable bonds is 2. The zero-order chi connectivity index (χ0) is 11.8. The molecule has 1 aromatic heterocycles. The molecule has 16 heavy (non-hydrogen) atoms. The van der Waals surface area contributed by atoms with Crippen LogP contribution in [0.5, 0.6) is 0 Å². The minimum absolute atomic E-state index is 0.569. The van der Waals surface area contributed by atoms with Gasteiger partial charge in [-0.25, -0.2) is 4.98 Å². The second-order valence-corrected chi connectivity index (χ2v) is 4.33. The molecular weight excluding hydrogens is 200 g/mol. The molecule has 1 atom stereocenters. The lowest BCUT2D eigenvalue weighted by Gasteiger charge is -2.23. The van der Waals surface area contributed by atoms with Crippen LogP contribution in [0.25, 0.3) is 0 Å². The Labute approximate surface area is 95.2 Å². The van der Waals surface area contributed by atoms with E-state index in [2.05, 4.69) is 16.0 Å². The number of H-pyrrole nitrogens is 1. The predicted molar refractivity (Wildman–Crippen MR) is 63.2 cm³/mol. The fourth-order valence-corrected chi connectivity index (χ4v) is 2.02. The molecule has 0 amide bonds. The van der Waals surface area contributed by atoms with Gasteiger partial charge in [0, 0.05) is 12.4 Å². The molecule has 3 heteroatoms. The largest absolute Gasteiger partial charge is 0.377 e. The Balaban J connectivity index is 2.51. The summed E-state index contributed by atoms with van der Waals surface area (Å²) in [6.07, 6.45) is 3.36. The van der Waals surface area contributed by atoms with E-state index in [0.717, 1.165) is 11.1 Å². The van der Waals surface area contributed by atoms with Crippen LogP contribution in [0.2, 0.25) is 0 Å². The van der Waals surface area contributed by atoms with Crippen LogP contribution >= 0.6 is 0 Å². The summed E-state index contributed by atoms with van der Waals surface area (Å²) in [5.74, 6) is 0.569. The summed E-state index contributed by atoms with van der Waals surface area (Å²) in [5.41, 5.74) is 2.08. The molecule has 0 radical (unpaired) electrons. The topological polar surface area (TPSA) is 48.9 Å². The summed E-state index contributed by atoms with van der Waals surface area (Å²) >= 11 is 0. The number of aromatic amines is 1. The average molecular weight is 216 g/mol. The average Bonchev–Trinajstić information content (AvgIpc) is 2.69. The number of hydrogen-bond donors (Lipinski definition) is 2. The van der Waals surface area contributed by atoms with E-state index in [-0.39, 0.29) is 0 Å². The van der Waals surface area contributed by atoms with Crippen molar-refractivity contribution in [1.82, 2.24) is 9.97 Å². The molecule has 1 heterocycles. The minimum Gasteiger partial charge on any atom is -0.377 e. The molecule has 0 fully saturated rings. The molecule has 0 aliphatic rings. The van der Waals surface area contributed by atoms with Gasteiger partial charge in [-0.3, -0.25) is 0 Å². The third-order valence-corrected chi connectivity index (χ3v) is 2.87. The van der Waals surface area contributed by atoms with Crippen molar-refractivity contribution >= 4 is 0 Å². The lowest BCUT2D eigenvalue weighted by molar-refractivity contribution is 0.0925. The molecule has 0 aliphatic carbocycles. The standard InChI is InChI=1S/C13H16N2O/c1-9-4-5-11(10(2)8-9)13(3,16)12-14-6-7-15-12/h4-8,16H,1-3H3,(H,14,15)/t13-/m0/s1. The van der Waals surface area contributed by atoms with E-state index in [1.54, 1.807) is 19.3 Å². The zero-order valence-electron chi connectivity index (χ0n) is 9.78. The van der Waals surface area contributed by atoms with Crippen LogP contribution in [-0.2, 0) is 5.60 Å². The van der Waals surface area contributed by atoms with Gasteiger partial charge in [-0.05, 0) is 31.9 Å². The maximum Gasteiger partial charge on any atom is 0.144 e. The van der Waals surface area contributed by atoms with Crippen molar-refractivity contribution in [3.8, 4) is 0 Å². The zero-order valence-corrected chi connectivity index (χ0v) is 9.78. The van der Waals surface area contributed by atoms with Gasteiger partial charge in [0.25, 0.3) is 0 Å². The molecule has 0 unspecified atom stereocenters. The molecule has 1 aromatic carbocycles. The van der Waals surface area contributed by atoms with Gasteiger partial charge in [-0.2, -0.15) is 0 Å². The van der Waals surface area contributed by atoms with Crippen molar-refractivity contribution in [2.24, 2.45) is 0 Å². The first-order valence-electron chi connectivity index (χ1n) is 5.32. The number of nitrogens with zero attached hydrogens (tertiary/aromatic N) is 1.